The second kappa shape index (κ2) is 9.78. The van der Waals surface area contributed by atoms with Crippen molar-refractivity contribution in [2.24, 2.45) is 4.99 Å². The Morgan fingerprint density at radius 1 is 0.969 bits per heavy atom. The van der Waals surface area contributed by atoms with Crippen molar-refractivity contribution >= 4 is 29.1 Å². The van der Waals surface area contributed by atoms with Gasteiger partial charge in [0.25, 0.3) is 0 Å². The Morgan fingerprint density at radius 3 is 2.31 bits per heavy atom. The zero-order valence-electron chi connectivity index (χ0n) is 17.7. The number of nitrogens with zero attached hydrogens (tertiary/aromatic N) is 1. The predicted octanol–water partition coefficient (Wildman–Crippen LogP) is 4.34. The maximum atomic E-state index is 12.7. The summed E-state index contributed by atoms with van der Waals surface area (Å²) in [5.74, 6) is 1.04. The highest BCUT2D eigenvalue weighted by molar-refractivity contribution is 6.10. The summed E-state index contributed by atoms with van der Waals surface area (Å²) in [5, 5.41) is 8.55. The van der Waals surface area contributed by atoms with Crippen LogP contribution < -0.4 is 20.7 Å². The predicted molar refractivity (Wildman–Crippen MR) is 125 cm³/mol. The summed E-state index contributed by atoms with van der Waals surface area (Å²) in [7, 11) is 0. The molecule has 1 aliphatic heterocycles. The van der Waals surface area contributed by atoms with E-state index in [-0.39, 0.29) is 24.2 Å². The van der Waals surface area contributed by atoms with Gasteiger partial charge < -0.3 is 15.4 Å². The first-order valence-corrected chi connectivity index (χ1v) is 10.5. The number of carbonyl (C=O) groups excluding carboxylic acids is 2. The van der Waals surface area contributed by atoms with Crippen LogP contribution >= 0.6 is 0 Å². The third-order valence-corrected chi connectivity index (χ3v) is 4.95. The highest BCUT2D eigenvalue weighted by Crippen LogP contribution is 2.23. The van der Waals surface area contributed by atoms with Crippen molar-refractivity contribution in [3.63, 3.8) is 0 Å². The van der Waals surface area contributed by atoms with Gasteiger partial charge in [-0.3, -0.25) is 14.9 Å². The lowest BCUT2D eigenvalue weighted by Gasteiger charge is -2.21. The van der Waals surface area contributed by atoms with Crippen molar-refractivity contribution in [3.8, 4) is 11.5 Å². The fourth-order valence-electron chi connectivity index (χ4n) is 3.22. The number of aryl methyl sites for hydroxylation is 1. The molecule has 1 atom stereocenters. The molecule has 4 rings (SSSR count). The number of para-hydroxylation sites is 1. The molecule has 3 aromatic rings. The van der Waals surface area contributed by atoms with Crippen molar-refractivity contribution in [1.82, 2.24) is 5.32 Å². The second-order valence-corrected chi connectivity index (χ2v) is 7.35. The van der Waals surface area contributed by atoms with Crippen LogP contribution in [0.5, 0.6) is 11.5 Å². The summed E-state index contributed by atoms with van der Waals surface area (Å²) in [5.41, 5.74) is 2.60. The van der Waals surface area contributed by atoms with Crippen LogP contribution in [-0.2, 0) is 16.0 Å². The molecule has 7 nitrogen and oxygen atoms in total. The summed E-state index contributed by atoms with van der Waals surface area (Å²) < 4.78 is 5.76. The van der Waals surface area contributed by atoms with E-state index in [0.29, 0.717) is 11.4 Å². The molecule has 1 heterocycles. The standard InChI is InChI=1S/C25H24N4O3/c1-2-17-8-10-19(11-9-17)27-25-28-22(16-23(30)29-25)24(31)26-18-12-14-21(15-13-18)32-20-6-4-3-5-7-20/h3-15,22H,2,16H2,1H3,(H,26,31)(H2,27,28,29,30)/t22-/m1/s1. The van der Waals surface area contributed by atoms with Gasteiger partial charge >= 0.3 is 0 Å². The van der Waals surface area contributed by atoms with Crippen molar-refractivity contribution in [2.45, 2.75) is 25.8 Å². The van der Waals surface area contributed by atoms with E-state index in [9.17, 15) is 9.59 Å². The number of anilines is 2. The van der Waals surface area contributed by atoms with Crippen LogP contribution in [0.3, 0.4) is 0 Å². The molecular weight excluding hydrogens is 404 g/mol. The minimum atomic E-state index is -0.818. The molecule has 0 aliphatic carbocycles. The van der Waals surface area contributed by atoms with Gasteiger partial charge in [0, 0.05) is 11.4 Å². The number of amides is 2. The lowest BCUT2D eigenvalue weighted by Crippen LogP contribution is -2.45. The molecule has 7 heteroatoms. The van der Waals surface area contributed by atoms with Gasteiger partial charge in [-0.2, -0.15) is 0 Å². The number of nitrogens with one attached hydrogen (secondary N) is 3. The number of aliphatic imine (C=N–C) groups is 1. The molecule has 162 valence electrons. The van der Waals surface area contributed by atoms with Crippen molar-refractivity contribution in [3.05, 3.63) is 84.4 Å². The molecule has 1 aliphatic rings. The smallest absolute Gasteiger partial charge is 0.249 e. The van der Waals surface area contributed by atoms with E-state index in [1.807, 2.05) is 54.6 Å². The van der Waals surface area contributed by atoms with Gasteiger partial charge in [0.1, 0.15) is 17.5 Å². The Bertz CT molecular complexity index is 1110. The van der Waals surface area contributed by atoms with Gasteiger partial charge in [0.2, 0.25) is 17.8 Å². The second-order valence-electron chi connectivity index (χ2n) is 7.35. The Balaban J connectivity index is 1.39. The van der Waals surface area contributed by atoms with Crippen LogP contribution in [0.4, 0.5) is 11.4 Å². The van der Waals surface area contributed by atoms with Crippen molar-refractivity contribution in [2.75, 3.05) is 10.6 Å². The number of hydrogen-bond donors (Lipinski definition) is 3. The van der Waals surface area contributed by atoms with Crippen LogP contribution in [0.15, 0.2) is 83.9 Å². The first kappa shape index (κ1) is 21.1. The lowest BCUT2D eigenvalue weighted by molar-refractivity contribution is -0.124. The minimum absolute atomic E-state index is 0.0129. The Labute approximate surface area is 186 Å². The van der Waals surface area contributed by atoms with E-state index in [4.69, 9.17) is 4.74 Å². The molecule has 0 aromatic heterocycles. The largest absolute Gasteiger partial charge is 0.457 e. The SMILES string of the molecule is CCc1ccc(NC2=N[C@@H](C(=O)Nc3ccc(Oc4ccccc4)cc3)CC(=O)N2)cc1. The maximum Gasteiger partial charge on any atom is 0.249 e. The minimum Gasteiger partial charge on any atom is -0.457 e. The number of ether oxygens (including phenoxy) is 1. The normalized spacial score (nSPS) is 15.3. The molecule has 32 heavy (non-hydrogen) atoms. The summed E-state index contributed by atoms with van der Waals surface area (Å²) in [6.45, 7) is 2.08. The van der Waals surface area contributed by atoms with E-state index in [0.717, 1.165) is 17.9 Å². The van der Waals surface area contributed by atoms with Crippen LogP contribution in [-0.4, -0.2) is 23.8 Å². The molecule has 0 spiro atoms. The maximum absolute atomic E-state index is 12.7. The molecule has 0 bridgehead atoms. The average molecular weight is 428 g/mol. The summed E-state index contributed by atoms with van der Waals surface area (Å²) in [4.78, 5) is 29.2. The van der Waals surface area contributed by atoms with E-state index in [2.05, 4.69) is 27.9 Å². The first-order chi connectivity index (χ1) is 15.6. The average Bonchev–Trinajstić information content (AvgIpc) is 2.81. The molecule has 0 saturated heterocycles. The number of hydrogen-bond acceptors (Lipinski definition) is 5. The third kappa shape index (κ3) is 5.51. The van der Waals surface area contributed by atoms with Crippen LogP contribution in [0.2, 0.25) is 0 Å². The molecule has 0 radical (unpaired) electrons. The summed E-state index contributed by atoms with van der Waals surface area (Å²) in [6, 6.07) is 23.5. The zero-order valence-corrected chi connectivity index (χ0v) is 17.7. The Morgan fingerprint density at radius 2 is 1.62 bits per heavy atom. The quantitative estimate of drug-likeness (QED) is 0.545. The molecule has 0 fully saturated rings. The summed E-state index contributed by atoms with van der Waals surface area (Å²) >= 11 is 0. The van der Waals surface area contributed by atoms with Gasteiger partial charge in [-0.15, -0.1) is 0 Å². The van der Waals surface area contributed by atoms with Gasteiger partial charge in [-0.25, -0.2) is 4.99 Å². The first-order valence-electron chi connectivity index (χ1n) is 10.5. The van der Waals surface area contributed by atoms with Gasteiger partial charge in [-0.05, 0) is 60.5 Å². The summed E-state index contributed by atoms with van der Waals surface area (Å²) in [6.07, 6.45) is 0.931. The van der Waals surface area contributed by atoms with Crippen LogP contribution in [0.1, 0.15) is 18.9 Å². The van der Waals surface area contributed by atoms with E-state index >= 15 is 0 Å². The lowest BCUT2D eigenvalue weighted by atomic mass is 10.1. The van der Waals surface area contributed by atoms with Gasteiger partial charge in [0.05, 0.1) is 6.42 Å². The van der Waals surface area contributed by atoms with E-state index in [1.165, 1.54) is 5.56 Å². The molecule has 0 unspecified atom stereocenters. The number of rotatable bonds is 6. The fraction of sp³-hybridized carbons (Fsp3) is 0.160. The fourth-order valence-corrected chi connectivity index (χ4v) is 3.22. The van der Waals surface area contributed by atoms with Crippen molar-refractivity contribution in [1.29, 1.82) is 0 Å². The van der Waals surface area contributed by atoms with Gasteiger partial charge in [0.15, 0.2) is 0 Å². The Hall–Kier alpha value is -4.13. The highest BCUT2D eigenvalue weighted by atomic mass is 16.5. The Kier molecular flexibility index (Phi) is 6.46. The molecule has 2 amide bonds. The van der Waals surface area contributed by atoms with E-state index in [1.54, 1.807) is 24.3 Å². The molecular formula is C25H24N4O3. The number of guanidine groups is 1. The highest BCUT2D eigenvalue weighted by Gasteiger charge is 2.27. The van der Waals surface area contributed by atoms with Crippen molar-refractivity contribution < 1.29 is 14.3 Å². The zero-order chi connectivity index (χ0) is 22.3. The van der Waals surface area contributed by atoms with Crippen LogP contribution in [0.25, 0.3) is 0 Å². The monoisotopic (exact) mass is 428 g/mol. The molecule has 3 aromatic carbocycles. The molecule has 3 N–H and O–H groups in total. The molecule has 0 saturated carbocycles. The topological polar surface area (TPSA) is 91.8 Å². The number of carbonyl (C=O) groups is 2. The van der Waals surface area contributed by atoms with Gasteiger partial charge in [-0.1, -0.05) is 37.3 Å². The third-order valence-electron chi connectivity index (χ3n) is 4.95. The number of benzene rings is 3. The van der Waals surface area contributed by atoms with E-state index < -0.39 is 6.04 Å². The van der Waals surface area contributed by atoms with Crippen LogP contribution in [0, 0.1) is 0 Å².